The second-order valence-electron chi connectivity index (χ2n) is 6.13. The summed E-state index contributed by atoms with van der Waals surface area (Å²) in [5, 5.41) is 3.48. The van der Waals surface area contributed by atoms with Crippen LogP contribution < -0.4 is 10.9 Å². The van der Waals surface area contributed by atoms with Gasteiger partial charge in [0, 0.05) is 6.42 Å². The molecule has 1 amide bonds. The lowest BCUT2D eigenvalue weighted by molar-refractivity contribution is -0.153. The van der Waals surface area contributed by atoms with Crippen LogP contribution in [0.2, 0.25) is 5.02 Å². The highest BCUT2D eigenvalue weighted by Gasteiger charge is 2.19. The van der Waals surface area contributed by atoms with E-state index in [4.69, 9.17) is 16.3 Å². The van der Waals surface area contributed by atoms with Crippen LogP contribution in [-0.2, 0) is 20.7 Å². The van der Waals surface area contributed by atoms with E-state index in [1.165, 1.54) is 6.92 Å². The maximum absolute atomic E-state index is 12.2. The van der Waals surface area contributed by atoms with E-state index in [-0.39, 0.29) is 18.4 Å². The van der Waals surface area contributed by atoms with Gasteiger partial charge in [-0.25, -0.2) is 4.98 Å². The first-order chi connectivity index (χ1) is 13.4. The third kappa shape index (κ3) is 4.75. The molecule has 0 saturated heterocycles. The fraction of sp³-hybridized carbons (Fsp3) is 0.200. The van der Waals surface area contributed by atoms with Gasteiger partial charge in [0.1, 0.15) is 5.82 Å². The van der Waals surface area contributed by atoms with Crippen molar-refractivity contribution in [2.45, 2.75) is 25.9 Å². The zero-order chi connectivity index (χ0) is 20.1. The van der Waals surface area contributed by atoms with E-state index in [1.54, 1.807) is 48.5 Å². The number of hydrogen-bond acceptors (Lipinski definition) is 5. The van der Waals surface area contributed by atoms with E-state index in [0.29, 0.717) is 27.4 Å². The molecule has 0 aliphatic rings. The van der Waals surface area contributed by atoms with Gasteiger partial charge in [-0.2, -0.15) is 0 Å². The summed E-state index contributed by atoms with van der Waals surface area (Å²) in [4.78, 5) is 43.2. The Morgan fingerprint density at radius 2 is 1.89 bits per heavy atom. The molecule has 2 N–H and O–H groups in total. The molecule has 0 bridgehead atoms. The van der Waals surface area contributed by atoms with Crippen molar-refractivity contribution >= 4 is 40.1 Å². The van der Waals surface area contributed by atoms with E-state index < -0.39 is 18.0 Å². The lowest BCUT2D eigenvalue weighted by atomic mass is 10.2. The summed E-state index contributed by atoms with van der Waals surface area (Å²) in [6, 6.07) is 13.7. The number of aromatic amines is 1. The van der Waals surface area contributed by atoms with Crippen LogP contribution in [0.15, 0.2) is 53.3 Å². The van der Waals surface area contributed by atoms with E-state index >= 15 is 0 Å². The predicted octanol–water partition coefficient (Wildman–Crippen LogP) is 3.08. The van der Waals surface area contributed by atoms with Crippen LogP contribution >= 0.6 is 11.6 Å². The zero-order valence-electron chi connectivity index (χ0n) is 15.1. The van der Waals surface area contributed by atoms with Crippen molar-refractivity contribution in [3.63, 3.8) is 0 Å². The first-order valence-electron chi connectivity index (χ1n) is 8.67. The summed E-state index contributed by atoms with van der Waals surface area (Å²) in [5.41, 5.74) is 0.735. The first kappa shape index (κ1) is 19.6. The summed E-state index contributed by atoms with van der Waals surface area (Å²) in [5.74, 6) is -0.676. The molecular formula is C20H18ClN3O4. The SMILES string of the molecule is C[C@@H](OC(=O)CCc1nc2ccccc2c(=O)[nH]1)C(=O)Nc1ccccc1Cl. The first-order valence-corrected chi connectivity index (χ1v) is 9.04. The third-order valence-corrected chi connectivity index (χ3v) is 4.37. The van der Waals surface area contributed by atoms with Gasteiger partial charge in [-0.1, -0.05) is 35.9 Å². The van der Waals surface area contributed by atoms with Crippen LogP contribution in [0.5, 0.6) is 0 Å². The van der Waals surface area contributed by atoms with Crippen molar-refractivity contribution in [2.24, 2.45) is 0 Å². The highest BCUT2D eigenvalue weighted by atomic mass is 35.5. The van der Waals surface area contributed by atoms with Gasteiger partial charge in [0.15, 0.2) is 6.10 Å². The van der Waals surface area contributed by atoms with Crippen molar-refractivity contribution in [1.82, 2.24) is 9.97 Å². The number of nitrogens with one attached hydrogen (secondary N) is 2. The molecule has 0 aliphatic heterocycles. The summed E-state index contributed by atoms with van der Waals surface area (Å²) in [6.07, 6.45) is -0.824. The number of carbonyl (C=O) groups is 2. The molecule has 28 heavy (non-hydrogen) atoms. The Labute approximate surface area is 165 Å². The number of anilines is 1. The lowest BCUT2D eigenvalue weighted by Crippen LogP contribution is -2.30. The Hall–Kier alpha value is -3.19. The minimum Gasteiger partial charge on any atom is -0.453 e. The highest BCUT2D eigenvalue weighted by molar-refractivity contribution is 6.33. The average molecular weight is 400 g/mol. The number of H-pyrrole nitrogens is 1. The second kappa shape index (κ2) is 8.67. The Bertz CT molecular complexity index is 1080. The van der Waals surface area contributed by atoms with Crippen molar-refractivity contribution < 1.29 is 14.3 Å². The van der Waals surface area contributed by atoms with E-state index in [2.05, 4.69) is 15.3 Å². The zero-order valence-corrected chi connectivity index (χ0v) is 15.8. The molecule has 3 aromatic rings. The maximum Gasteiger partial charge on any atom is 0.307 e. The molecule has 7 nitrogen and oxygen atoms in total. The number of esters is 1. The predicted molar refractivity (Wildman–Crippen MR) is 106 cm³/mol. The fourth-order valence-corrected chi connectivity index (χ4v) is 2.76. The molecule has 0 saturated carbocycles. The van der Waals surface area contributed by atoms with Crippen molar-refractivity contribution in [3.8, 4) is 0 Å². The van der Waals surface area contributed by atoms with Crippen LogP contribution in [-0.4, -0.2) is 27.9 Å². The van der Waals surface area contributed by atoms with Gasteiger partial charge in [-0.3, -0.25) is 14.4 Å². The number of aryl methyl sites for hydroxylation is 1. The topological polar surface area (TPSA) is 101 Å². The molecule has 3 rings (SSSR count). The average Bonchev–Trinajstić information content (AvgIpc) is 2.68. The standard InChI is InChI=1S/C20H18ClN3O4/c1-12(19(26)23-16-9-5-3-7-14(16)21)28-18(25)11-10-17-22-15-8-4-2-6-13(15)20(27)24-17/h2-9,12H,10-11H2,1H3,(H,23,26)(H,22,24,27)/t12-/m1/s1. The number of para-hydroxylation sites is 2. The molecule has 0 fully saturated rings. The molecule has 2 aromatic carbocycles. The van der Waals surface area contributed by atoms with Gasteiger partial charge >= 0.3 is 5.97 Å². The van der Waals surface area contributed by atoms with E-state index in [9.17, 15) is 14.4 Å². The van der Waals surface area contributed by atoms with Crippen LogP contribution in [0.25, 0.3) is 10.9 Å². The number of benzene rings is 2. The number of aromatic nitrogens is 2. The quantitative estimate of drug-likeness (QED) is 0.620. The second-order valence-corrected chi connectivity index (χ2v) is 6.54. The monoisotopic (exact) mass is 399 g/mol. The molecule has 0 spiro atoms. The van der Waals surface area contributed by atoms with Crippen molar-refractivity contribution in [1.29, 1.82) is 0 Å². The van der Waals surface area contributed by atoms with Gasteiger partial charge in [0.2, 0.25) is 0 Å². The molecule has 8 heteroatoms. The highest BCUT2D eigenvalue weighted by Crippen LogP contribution is 2.20. The van der Waals surface area contributed by atoms with Crippen LogP contribution in [0, 0.1) is 0 Å². The number of ether oxygens (including phenoxy) is 1. The number of amides is 1. The molecule has 0 unspecified atom stereocenters. The Morgan fingerprint density at radius 1 is 1.18 bits per heavy atom. The van der Waals surface area contributed by atoms with Crippen LogP contribution in [0.1, 0.15) is 19.2 Å². The lowest BCUT2D eigenvalue weighted by Gasteiger charge is -2.14. The van der Waals surface area contributed by atoms with Crippen molar-refractivity contribution in [3.05, 3.63) is 69.7 Å². The summed E-state index contributed by atoms with van der Waals surface area (Å²) >= 11 is 5.99. The van der Waals surface area contributed by atoms with Gasteiger partial charge in [-0.15, -0.1) is 0 Å². The molecule has 0 radical (unpaired) electrons. The minimum atomic E-state index is -0.993. The Morgan fingerprint density at radius 3 is 2.68 bits per heavy atom. The number of carbonyl (C=O) groups excluding carboxylic acids is 2. The fourth-order valence-electron chi connectivity index (χ4n) is 2.58. The summed E-state index contributed by atoms with van der Waals surface area (Å²) < 4.78 is 5.15. The number of halogens is 1. The maximum atomic E-state index is 12.2. The van der Waals surface area contributed by atoms with Crippen molar-refractivity contribution in [2.75, 3.05) is 5.32 Å². The van der Waals surface area contributed by atoms with E-state index in [1.807, 2.05) is 0 Å². The van der Waals surface area contributed by atoms with Gasteiger partial charge in [0.05, 0.1) is 28.0 Å². The van der Waals surface area contributed by atoms with E-state index in [0.717, 1.165) is 0 Å². The van der Waals surface area contributed by atoms with Crippen LogP contribution in [0.4, 0.5) is 5.69 Å². The number of rotatable bonds is 6. The largest absolute Gasteiger partial charge is 0.453 e. The number of hydrogen-bond donors (Lipinski definition) is 2. The smallest absolute Gasteiger partial charge is 0.307 e. The molecule has 1 aromatic heterocycles. The number of fused-ring (bicyclic) bond motifs is 1. The Kier molecular flexibility index (Phi) is 6.06. The van der Waals surface area contributed by atoms with Gasteiger partial charge < -0.3 is 15.0 Å². The molecule has 0 aliphatic carbocycles. The minimum absolute atomic E-state index is 0.0228. The van der Waals surface area contributed by atoms with Gasteiger partial charge in [0.25, 0.3) is 11.5 Å². The molecular weight excluding hydrogens is 382 g/mol. The summed E-state index contributed by atoms with van der Waals surface area (Å²) in [7, 11) is 0. The summed E-state index contributed by atoms with van der Waals surface area (Å²) in [6.45, 7) is 1.47. The van der Waals surface area contributed by atoms with Gasteiger partial charge in [-0.05, 0) is 31.2 Å². The van der Waals surface area contributed by atoms with Crippen LogP contribution in [0.3, 0.4) is 0 Å². The Balaban J connectivity index is 1.56. The number of nitrogens with zero attached hydrogens (tertiary/aromatic N) is 1. The molecule has 144 valence electrons. The molecule has 1 atom stereocenters. The third-order valence-electron chi connectivity index (χ3n) is 4.04. The molecule has 1 heterocycles. The normalized spacial score (nSPS) is 11.8.